The second kappa shape index (κ2) is 4.01. The second-order valence-electron chi connectivity index (χ2n) is 2.87. The Morgan fingerprint density at radius 3 is 3.06 bits per heavy atom. The average molecular weight is 330 g/mol. The Balaban J connectivity index is 2.75. The first kappa shape index (κ1) is 10.7. The predicted octanol–water partition coefficient (Wildman–Crippen LogP) is 1.50. The Morgan fingerprint density at radius 2 is 2.44 bits per heavy atom. The minimum absolute atomic E-state index is 0.00904. The third-order valence-electron chi connectivity index (χ3n) is 1.77. The van der Waals surface area contributed by atoms with Crippen LogP contribution < -0.4 is 4.84 Å². The molecule has 2 aromatic heterocycles. The number of halogens is 1. The number of hydrogen-bond acceptors (Lipinski definition) is 5. The van der Waals surface area contributed by atoms with E-state index in [0.717, 1.165) is 8.42 Å². The Labute approximate surface area is 103 Å². The molecule has 2 heterocycles. The number of fused-ring (bicyclic) bond motifs is 1. The summed E-state index contributed by atoms with van der Waals surface area (Å²) < 4.78 is 0.784. The smallest absolute Gasteiger partial charge is 0.301 e. The highest BCUT2D eigenvalue weighted by Gasteiger charge is 2.26. The first-order valence-electron chi connectivity index (χ1n) is 4.20. The summed E-state index contributed by atoms with van der Waals surface area (Å²) in [6, 6.07) is 1.73. The molecule has 0 saturated carbocycles. The molecule has 16 heavy (non-hydrogen) atoms. The van der Waals surface area contributed by atoms with Crippen LogP contribution in [-0.2, 0) is 4.79 Å². The molecule has 7 nitrogen and oxygen atoms in total. The van der Waals surface area contributed by atoms with Crippen LogP contribution in [0.4, 0.5) is 5.82 Å². The van der Waals surface area contributed by atoms with E-state index in [1.54, 1.807) is 12.3 Å². The van der Waals surface area contributed by atoms with Gasteiger partial charge in [-0.2, -0.15) is 0 Å². The highest BCUT2D eigenvalue weighted by atomic mass is 127. The Hall–Kier alpha value is -1.76. The van der Waals surface area contributed by atoms with Gasteiger partial charge in [-0.1, -0.05) is 0 Å². The lowest BCUT2D eigenvalue weighted by molar-refractivity contribution is -0.142. The lowest BCUT2D eigenvalue weighted by atomic mass is 10.4. The summed E-state index contributed by atoms with van der Waals surface area (Å²) in [7, 11) is 0. The molecule has 0 spiro atoms. The van der Waals surface area contributed by atoms with E-state index in [9.17, 15) is 4.79 Å². The van der Waals surface area contributed by atoms with Crippen molar-refractivity contribution in [3.63, 3.8) is 0 Å². The maximum atomic E-state index is 10.9. The summed E-state index contributed by atoms with van der Waals surface area (Å²) in [6.07, 6.45) is 1.55. The van der Waals surface area contributed by atoms with Crippen molar-refractivity contribution in [2.45, 2.75) is 6.92 Å². The molecule has 0 radical (unpaired) electrons. The topological polar surface area (TPSA) is 85.2 Å². The second-order valence-corrected chi connectivity index (χ2v) is 4.03. The number of rotatable bonds is 1. The van der Waals surface area contributed by atoms with Crippen LogP contribution in [0.15, 0.2) is 12.3 Å². The molecule has 0 saturated heterocycles. The van der Waals surface area contributed by atoms with Gasteiger partial charge in [0, 0.05) is 26.5 Å². The van der Waals surface area contributed by atoms with Gasteiger partial charge in [0.2, 0.25) is 5.52 Å². The molecule has 0 aromatic carbocycles. The van der Waals surface area contributed by atoms with E-state index >= 15 is 0 Å². The van der Waals surface area contributed by atoms with Crippen LogP contribution in [-0.4, -0.2) is 20.9 Å². The standard InChI is InChI=1S/C8H5IN5O2/c1-4(15)16-14-7-5(9)2-3-11-6(7)8(12-10)13-14/h2-3H,1H3/q+1. The van der Waals surface area contributed by atoms with Gasteiger partial charge >= 0.3 is 11.8 Å². The van der Waals surface area contributed by atoms with Crippen LogP contribution in [0.2, 0.25) is 0 Å². The van der Waals surface area contributed by atoms with Crippen LogP contribution in [0.25, 0.3) is 16.0 Å². The molecule has 0 amide bonds. The molecule has 0 unspecified atom stereocenters. The van der Waals surface area contributed by atoms with Crippen LogP contribution in [0.3, 0.4) is 0 Å². The van der Waals surface area contributed by atoms with Crippen LogP contribution >= 0.6 is 22.6 Å². The average Bonchev–Trinajstić information content (AvgIpc) is 2.57. The number of diazo groups is 1. The van der Waals surface area contributed by atoms with Gasteiger partial charge in [0.15, 0.2) is 5.52 Å². The van der Waals surface area contributed by atoms with Gasteiger partial charge in [-0.05, 0) is 28.7 Å². The van der Waals surface area contributed by atoms with Gasteiger partial charge in [-0.25, -0.2) is 9.78 Å². The van der Waals surface area contributed by atoms with Crippen molar-refractivity contribution >= 4 is 45.4 Å². The molecule has 80 valence electrons. The highest BCUT2D eigenvalue weighted by Crippen LogP contribution is 2.25. The summed E-state index contributed by atoms with van der Waals surface area (Å²) in [5, 5.41) is 12.5. The molecule has 0 aliphatic carbocycles. The Bertz CT molecular complexity index is 615. The van der Waals surface area contributed by atoms with E-state index < -0.39 is 5.97 Å². The molecular formula is C8H5IN5O2+. The van der Waals surface area contributed by atoms with E-state index in [0.29, 0.717) is 11.0 Å². The Kier molecular flexibility index (Phi) is 2.69. The lowest BCUT2D eigenvalue weighted by Crippen LogP contribution is -2.17. The fourth-order valence-electron chi connectivity index (χ4n) is 1.21. The molecule has 0 atom stereocenters. The predicted molar refractivity (Wildman–Crippen MR) is 62.3 cm³/mol. The number of pyridine rings is 1. The van der Waals surface area contributed by atoms with Crippen molar-refractivity contribution in [2.75, 3.05) is 0 Å². The minimum Gasteiger partial charge on any atom is -0.301 e. The van der Waals surface area contributed by atoms with Gasteiger partial charge < -0.3 is 4.84 Å². The van der Waals surface area contributed by atoms with Crippen LogP contribution in [0.5, 0.6) is 0 Å². The number of carbonyl (C=O) groups excluding carboxylic acids is 1. The normalized spacial score (nSPS) is 10.1. The number of carbonyl (C=O) groups is 1. The summed E-state index contributed by atoms with van der Waals surface area (Å²) in [6.45, 7) is 1.26. The molecule has 0 fully saturated rings. The third kappa shape index (κ3) is 1.69. The molecule has 0 bridgehead atoms. The first-order valence-corrected chi connectivity index (χ1v) is 5.28. The zero-order chi connectivity index (χ0) is 11.7. The van der Waals surface area contributed by atoms with Gasteiger partial charge in [-0.3, -0.25) is 0 Å². The van der Waals surface area contributed by atoms with Crippen molar-refractivity contribution in [1.29, 1.82) is 5.39 Å². The molecular weight excluding hydrogens is 325 g/mol. The highest BCUT2D eigenvalue weighted by molar-refractivity contribution is 14.1. The molecule has 0 N–H and O–H groups in total. The monoisotopic (exact) mass is 330 g/mol. The fourth-order valence-corrected chi connectivity index (χ4v) is 1.84. The Morgan fingerprint density at radius 1 is 1.69 bits per heavy atom. The number of nitrogens with zero attached hydrogens (tertiary/aromatic N) is 5. The molecule has 8 heteroatoms. The van der Waals surface area contributed by atoms with E-state index in [-0.39, 0.29) is 5.82 Å². The summed E-state index contributed by atoms with van der Waals surface area (Å²) >= 11 is 2.04. The maximum Gasteiger partial charge on any atom is 0.517 e. The molecule has 0 aliphatic heterocycles. The van der Waals surface area contributed by atoms with E-state index in [1.165, 1.54) is 6.92 Å². The van der Waals surface area contributed by atoms with Gasteiger partial charge in [-0.15, -0.1) is 0 Å². The lowest BCUT2D eigenvalue weighted by Gasteiger charge is -1.96. The van der Waals surface area contributed by atoms with E-state index in [4.69, 9.17) is 10.2 Å². The largest absolute Gasteiger partial charge is 0.517 e. The zero-order valence-electron chi connectivity index (χ0n) is 8.09. The zero-order valence-corrected chi connectivity index (χ0v) is 10.2. The number of aromatic nitrogens is 3. The first-order chi connectivity index (χ1) is 7.63. The van der Waals surface area contributed by atoms with Gasteiger partial charge in [0.1, 0.15) is 5.10 Å². The van der Waals surface area contributed by atoms with Gasteiger partial charge in [0.25, 0.3) is 0 Å². The third-order valence-corrected chi connectivity index (χ3v) is 2.64. The van der Waals surface area contributed by atoms with Crippen molar-refractivity contribution in [3.05, 3.63) is 20.8 Å². The van der Waals surface area contributed by atoms with Crippen LogP contribution in [0.1, 0.15) is 6.92 Å². The number of hydrogen-bond donors (Lipinski definition) is 0. The fraction of sp³-hybridized carbons (Fsp3) is 0.125. The van der Waals surface area contributed by atoms with E-state index in [2.05, 4.69) is 15.1 Å². The van der Waals surface area contributed by atoms with Crippen molar-refractivity contribution in [1.82, 2.24) is 14.9 Å². The summed E-state index contributed by atoms with van der Waals surface area (Å²) in [5.74, 6) is -0.511. The SMILES string of the molecule is CC(=O)On1nc([N+]#N)c2nccc(I)c21. The maximum absolute atomic E-state index is 10.9. The summed E-state index contributed by atoms with van der Waals surface area (Å²) in [5.41, 5.74) is 0.863. The molecule has 2 aromatic rings. The van der Waals surface area contributed by atoms with Crippen molar-refractivity contribution < 1.29 is 9.63 Å². The van der Waals surface area contributed by atoms with E-state index in [1.807, 2.05) is 22.6 Å². The quantitative estimate of drug-likeness (QED) is 0.584. The van der Waals surface area contributed by atoms with Crippen molar-refractivity contribution in [3.8, 4) is 0 Å². The van der Waals surface area contributed by atoms with Crippen LogP contribution in [0, 0.1) is 8.96 Å². The minimum atomic E-state index is -0.520. The van der Waals surface area contributed by atoms with Crippen molar-refractivity contribution in [2.24, 2.45) is 0 Å². The molecule has 0 aliphatic rings. The molecule has 2 rings (SSSR count). The summed E-state index contributed by atoms with van der Waals surface area (Å²) in [4.78, 5) is 23.7. The van der Waals surface area contributed by atoms with Gasteiger partial charge in [0.05, 0.1) is 5.39 Å².